The maximum absolute atomic E-state index is 12.2. The van der Waals surface area contributed by atoms with Crippen LogP contribution in [0.1, 0.15) is 26.3 Å². The molecule has 0 fully saturated rings. The number of halogens is 1. The van der Waals surface area contributed by atoms with Crippen molar-refractivity contribution in [3.63, 3.8) is 0 Å². The molecule has 0 aromatic heterocycles. The zero-order valence-corrected chi connectivity index (χ0v) is 14.0. The molecule has 20 heavy (non-hydrogen) atoms. The molecule has 2 atom stereocenters. The smallest absolute Gasteiger partial charge is 0.233 e. The molecule has 1 unspecified atom stereocenters. The molecule has 0 aliphatic carbocycles. The van der Waals surface area contributed by atoms with Crippen molar-refractivity contribution in [3.05, 3.63) is 35.9 Å². The van der Waals surface area contributed by atoms with Gasteiger partial charge < -0.3 is 11.1 Å². The molecule has 1 rings (SSSR count). The van der Waals surface area contributed by atoms with Crippen LogP contribution in [0, 0.1) is 5.92 Å². The van der Waals surface area contributed by atoms with Gasteiger partial charge in [-0.05, 0) is 18.4 Å². The van der Waals surface area contributed by atoms with Crippen molar-refractivity contribution in [3.8, 4) is 0 Å². The second-order valence-electron chi connectivity index (χ2n) is 5.11. The lowest BCUT2D eigenvalue weighted by Gasteiger charge is -2.22. The zero-order chi connectivity index (χ0) is 14.3. The normalized spacial score (nSPS) is 13.4. The third kappa shape index (κ3) is 6.64. The van der Waals surface area contributed by atoms with Crippen molar-refractivity contribution in [2.24, 2.45) is 11.7 Å². The number of hydrogen-bond donors (Lipinski definition) is 2. The van der Waals surface area contributed by atoms with Gasteiger partial charge in [-0.1, -0.05) is 44.2 Å². The van der Waals surface area contributed by atoms with E-state index in [1.165, 1.54) is 5.56 Å². The number of nitrogens with two attached hydrogens (primary N) is 1. The molecule has 0 saturated carbocycles. The van der Waals surface area contributed by atoms with Gasteiger partial charge in [-0.2, -0.15) is 0 Å². The van der Waals surface area contributed by atoms with Crippen LogP contribution in [-0.4, -0.2) is 23.7 Å². The lowest BCUT2D eigenvalue weighted by Crippen LogP contribution is -2.43. The fourth-order valence-corrected chi connectivity index (χ4v) is 2.88. The molecule has 0 radical (unpaired) electrons. The fraction of sp³-hybridized carbons (Fsp3) is 0.533. The molecule has 1 aromatic carbocycles. The number of thioether (sulfide) groups is 1. The predicted molar refractivity (Wildman–Crippen MR) is 90.3 cm³/mol. The summed E-state index contributed by atoms with van der Waals surface area (Å²) < 4.78 is 0. The lowest BCUT2D eigenvalue weighted by atomic mass is 10.1. The highest BCUT2D eigenvalue weighted by molar-refractivity contribution is 7.99. The summed E-state index contributed by atoms with van der Waals surface area (Å²) in [6.45, 7) is 6.56. The fourth-order valence-electron chi connectivity index (χ4n) is 1.72. The molecule has 3 N–H and O–H groups in total. The van der Waals surface area contributed by atoms with Gasteiger partial charge in [0, 0.05) is 18.3 Å². The maximum atomic E-state index is 12.2. The Morgan fingerprint density at radius 1 is 1.25 bits per heavy atom. The first-order valence-corrected chi connectivity index (χ1v) is 7.75. The minimum Gasteiger partial charge on any atom is -0.351 e. The second kappa shape index (κ2) is 10.1. The van der Waals surface area contributed by atoms with Crippen molar-refractivity contribution in [2.75, 3.05) is 6.54 Å². The summed E-state index contributed by atoms with van der Waals surface area (Å²) >= 11 is 1.69. The Labute approximate surface area is 132 Å². The van der Waals surface area contributed by atoms with Crippen LogP contribution in [0.5, 0.6) is 0 Å². The van der Waals surface area contributed by atoms with Gasteiger partial charge in [0.25, 0.3) is 0 Å². The first-order chi connectivity index (χ1) is 9.04. The van der Waals surface area contributed by atoms with E-state index in [0.29, 0.717) is 12.5 Å². The van der Waals surface area contributed by atoms with E-state index in [9.17, 15) is 4.79 Å². The van der Waals surface area contributed by atoms with E-state index < -0.39 is 0 Å². The molecule has 3 nitrogen and oxygen atoms in total. The summed E-state index contributed by atoms with van der Waals surface area (Å²) in [7, 11) is 0. The van der Waals surface area contributed by atoms with Gasteiger partial charge in [0.2, 0.25) is 5.91 Å². The van der Waals surface area contributed by atoms with Crippen molar-refractivity contribution in [1.82, 2.24) is 5.32 Å². The van der Waals surface area contributed by atoms with Crippen molar-refractivity contribution >= 4 is 30.1 Å². The van der Waals surface area contributed by atoms with Crippen LogP contribution in [0.2, 0.25) is 0 Å². The van der Waals surface area contributed by atoms with E-state index in [-0.39, 0.29) is 29.6 Å². The van der Waals surface area contributed by atoms with E-state index in [4.69, 9.17) is 5.73 Å². The highest BCUT2D eigenvalue weighted by Crippen LogP contribution is 2.24. The standard InChI is InChI=1S/C15H24N2OS.ClH/c1-11(2)14(15(18)17-12(3)9-16)19-10-13-7-5-4-6-8-13;/h4-8,11-12,14H,9-10,16H2,1-3H3,(H,17,18);1H/t12-,14?;/m0./s1. The molecule has 0 bridgehead atoms. The predicted octanol–water partition coefficient (Wildman–Crippen LogP) is 2.83. The Hall–Kier alpha value is -0.710. The molecule has 0 spiro atoms. The summed E-state index contributed by atoms with van der Waals surface area (Å²) in [5.74, 6) is 1.25. The summed E-state index contributed by atoms with van der Waals surface area (Å²) in [4.78, 5) is 12.2. The van der Waals surface area contributed by atoms with Crippen LogP contribution in [0.3, 0.4) is 0 Å². The highest BCUT2D eigenvalue weighted by atomic mass is 35.5. The lowest BCUT2D eigenvalue weighted by molar-refractivity contribution is -0.121. The first-order valence-electron chi connectivity index (χ1n) is 6.70. The van der Waals surface area contributed by atoms with Gasteiger partial charge in [0.15, 0.2) is 0 Å². The van der Waals surface area contributed by atoms with Gasteiger partial charge in [0.05, 0.1) is 5.25 Å². The number of amides is 1. The zero-order valence-electron chi connectivity index (χ0n) is 12.3. The van der Waals surface area contributed by atoms with E-state index in [1.54, 1.807) is 11.8 Å². The Bertz CT molecular complexity index is 387. The van der Waals surface area contributed by atoms with Crippen molar-refractivity contribution in [2.45, 2.75) is 37.8 Å². The number of carbonyl (C=O) groups is 1. The van der Waals surface area contributed by atoms with Crippen LogP contribution in [-0.2, 0) is 10.5 Å². The molecule has 0 heterocycles. The van der Waals surface area contributed by atoms with Gasteiger partial charge in [-0.3, -0.25) is 4.79 Å². The molecular formula is C15H25ClN2OS. The quantitative estimate of drug-likeness (QED) is 0.813. The van der Waals surface area contributed by atoms with E-state index in [0.717, 1.165) is 5.75 Å². The average molecular weight is 317 g/mol. The van der Waals surface area contributed by atoms with E-state index in [2.05, 4.69) is 31.3 Å². The molecule has 0 aliphatic heterocycles. The summed E-state index contributed by atoms with van der Waals surface area (Å²) in [5, 5.41) is 2.93. The molecular weight excluding hydrogens is 292 g/mol. The summed E-state index contributed by atoms with van der Waals surface area (Å²) in [5.41, 5.74) is 6.79. The number of benzene rings is 1. The number of hydrogen-bond acceptors (Lipinski definition) is 3. The van der Waals surface area contributed by atoms with Crippen LogP contribution in [0.4, 0.5) is 0 Å². The molecule has 1 amide bonds. The largest absolute Gasteiger partial charge is 0.351 e. The first kappa shape index (κ1) is 19.3. The van der Waals surface area contributed by atoms with Crippen LogP contribution in [0.15, 0.2) is 30.3 Å². The molecule has 1 aromatic rings. The minimum absolute atomic E-state index is 0. The van der Waals surface area contributed by atoms with Crippen molar-refractivity contribution in [1.29, 1.82) is 0 Å². The summed E-state index contributed by atoms with van der Waals surface area (Å²) in [6.07, 6.45) is 0. The third-order valence-electron chi connectivity index (χ3n) is 2.88. The summed E-state index contributed by atoms with van der Waals surface area (Å²) in [6, 6.07) is 10.3. The van der Waals surface area contributed by atoms with Gasteiger partial charge in [-0.15, -0.1) is 24.2 Å². The topological polar surface area (TPSA) is 55.1 Å². The van der Waals surface area contributed by atoms with Gasteiger partial charge in [0.1, 0.15) is 0 Å². The van der Waals surface area contributed by atoms with Crippen LogP contribution >= 0.6 is 24.2 Å². The SMILES string of the molecule is CC(C)C(SCc1ccccc1)C(=O)N[C@@H](C)CN.Cl. The number of carbonyl (C=O) groups excluding carboxylic acids is 1. The Morgan fingerprint density at radius 2 is 1.85 bits per heavy atom. The van der Waals surface area contributed by atoms with Crippen LogP contribution in [0.25, 0.3) is 0 Å². The van der Waals surface area contributed by atoms with Gasteiger partial charge >= 0.3 is 0 Å². The Kier molecular flexibility index (Phi) is 9.72. The second-order valence-corrected chi connectivity index (χ2v) is 6.24. The molecule has 5 heteroatoms. The Balaban J connectivity index is 0.00000361. The van der Waals surface area contributed by atoms with Crippen LogP contribution < -0.4 is 11.1 Å². The Morgan fingerprint density at radius 3 is 2.35 bits per heavy atom. The molecule has 0 saturated heterocycles. The van der Waals surface area contributed by atoms with Gasteiger partial charge in [-0.25, -0.2) is 0 Å². The highest BCUT2D eigenvalue weighted by Gasteiger charge is 2.23. The van der Waals surface area contributed by atoms with E-state index in [1.807, 2.05) is 25.1 Å². The van der Waals surface area contributed by atoms with E-state index >= 15 is 0 Å². The number of nitrogens with one attached hydrogen (secondary N) is 1. The molecule has 114 valence electrons. The third-order valence-corrected chi connectivity index (χ3v) is 4.50. The average Bonchev–Trinajstić information content (AvgIpc) is 2.39. The van der Waals surface area contributed by atoms with Crippen molar-refractivity contribution < 1.29 is 4.79 Å². The molecule has 0 aliphatic rings. The minimum atomic E-state index is -0.0331. The number of rotatable bonds is 7. The maximum Gasteiger partial charge on any atom is 0.233 e. The monoisotopic (exact) mass is 316 g/mol.